The zero-order valence-electron chi connectivity index (χ0n) is 9.34. The number of nitrogens with zero attached hydrogens (tertiary/aromatic N) is 3. The number of benzene rings is 1. The molecule has 0 N–H and O–H groups in total. The molecule has 2 heterocycles. The van der Waals surface area contributed by atoms with Crippen LogP contribution in [0.15, 0.2) is 24.5 Å². The number of hydrogen-bond donors (Lipinski definition) is 0. The number of rotatable bonds is 1. The molecule has 1 aromatic carbocycles. The molecule has 0 unspecified atom stereocenters. The second kappa shape index (κ2) is 3.33. The van der Waals surface area contributed by atoms with Gasteiger partial charge >= 0.3 is 0 Å². The van der Waals surface area contributed by atoms with Crippen LogP contribution in [0.1, 0.15) is 31.2 Å². The monoisotopic (exact) mass is 215 g/mol. The lowest BCUT2D eigenvalue weighted by Crippen LogP contribution is -2.14. The van der Waals surface area contributed by atoms with E-state index in [2.05, 4.69) is 36.1 Å². The first kappa shape index (κ1) is 9.39. The normalized spacial score (nSPS) is 13.2. The topological polar surface area (TPSA) is 39.9 Å². The first-order chi connectivity index (χ1) is 7.75. The minimum atomic E-state index is 0.495. The van der Waals surface area contributed by atoms with Crippen molar-refractivity contribution < 1.29 is 4.74 Å². The summed E-state index contributed by atoms with van der Waals surface area (Å²) in [6.45, 7) is 4.84. The highest BCUT2D eigenvalue weighted by atomic mass is 16.5. The molecular weight excluding hydrogens is 202 g/mol. The Morgan fingerprint density at radius 1 is 1.38 bits per heavy atom. The molecule has 1 aliphatic rings. The molecule has 4 heteroatoms. The summed E-state index contributed by atoms with van der Waals surface area (Å²) in [5.74, 6) is 2.25. The summed E-state index contributed by atoms with van der Waals surface area (Å²) in [6.07, 6.45) is 1.56. The second-order valence-corrected chi connectivity index (χ2v) is 4.26. The maximum absolute atomic E-state index is 5.68. The van der Waals surface area contributed by atoms with Crippen LogP contribution in [0, 0.1) is 0 Å². The van der Waals surface area contributed by atoms with Crippen LogP contribution in [-0.4, -0.2) is 14.8 Å². The van der Waals surface area contributed by atoms with Crippen LogP contribution in [-0.2, 0) is 6.61 Å². The van der Waals surface area contributed by atoms with Crippen molar-refractivity contribution >= 4 is 0 Å². The van der Waals surface area contributed by atoms with E-state index in [1.165, 1.54) is 5.56 Å². The Kier molecular flexibility index (Phi) is 1.96. The Bertz CT molecular complexity index is 531. The predicted octanol–water partition coefficient (Wildman–Crippen LogP) is 2.28. The van der Waals surface area contributed by atoms with Crippen LogP contribution < -0.4 is 4.74 Å². The molecule has 0 fully saturated rings. The van der Waals surface area contributed by atoms with Crippen molar-refractivity contribution in [1.82, 2.24) is 14.8 Å². The summed E-state index contributed by atoms with van der Waals surface area (Å²) in [4.78, 5) is 4.14. The molecule has 16 heavy (non-hydrogen) atoms. The third-order valence-electron chi connectivity index (χ3n) is 2.85. The highest BCUT2D eigenvalue weighted by Crippen LogP contribution is 2.31. The van der Waals surface area contributed by atoms with Crippen LogP contribution in [0.25, 0.3) is 5.69 Å². The van der Waals surface area contributed by atoms with Gasteiger partial charge in [0, 0.05) is 0 Å². The van der Waals surface area contributed by atoms with Gasteiger partial charge in [0.2, 0.25) is 0 Å². The molecule has 0 radical (unpaired) electrons. The van der Waals surface area contributed by atoms with Crippen molar-refractivity contribution in [1.29, 1.82) is 0 Å². The third-order valence-corrected chi connectivity index (χ3v) is 2.85. The Hall–Kier alpha value is -1.84. The van der Waals surface area contributed by atoms with Crippen molar-refractivity contribution in [3.8, 4) is 11.4 Å². The average Bonchev–Trinajstić information content (AvgIpc) is 2.76. The van der Waals surface area contributed by atoms with Gasteiger partial charge in [-0.3, -0.25) is 0 Å². The van der Waals surface area contributed by atoms with Gasteiger partial charge in [-0.2, -0.15) is 5.10 Å². The maximum atomic E-state index is 5.68. The molecule has 0 spiro atoms. The van der Waals surface area contributed by atoms with Gasteiger partial charge < -0.3 is 4.74 Å². The lowest BCUT2D eigenvalue weighted by atomic mass is 10.0. The van der Waals surface area contributed by atoms with E-state index in [0.29, 0.717) is 12.5 Å². The van der Waals surface area contributed by atoms with E-state index in [1.807, 2.05) is 10.7 Å². The van der Waals surface area contributed by atoms with E-state index in [-0.39, 0.29) is 0 Å². The molecule has 4 nitrogen and oxygen atoms in total. The molecule has 82 valence electrons. The van der Waals surface area contributed by atoms with E-state index in [4.69, 9.17) is 4.74 Å². The van der Waals surface area contributed by atoms with Gasteiger partial charge in [-0.05, 0) is 23.6 Å². The molecule has 0 amide bonds. The number of aromatic nitrogens is 3. The summed E-state index contributed by atoms with van der Waals surface area (Å²) in [7, 11) is 0. The Balaban J connectivity index is 2.14. The van der Waals surface area contributed by atoms with E-state index in [1.54, 1.807) is 6.33 Å². The first-order valence-corrected chi connectivity index (χ1v) is 5.41. The average molecular weight is 215 g/mol. The fraction of sp³-hybridized carbons (Fsp3) is 0.333. The minimum Gasteiger partial charge on any atom is -0.483 e. The van der Waals surface area contributed by atoms with Crippen molar-refractivity contribution in [3.05, 3.63) is 35.9 Å². The molecule has 3 rings (SSSR count). The standard InChI is InChI=1S/C12H13N3O/c1-8(2)9-3-4-10-11(5-9)16-6-12-13-7-14-15(10)12/h3-5,7-8H,6H2,1-2H3. The number of ether oxygens (including phenoxy) is 1. The van der Waals surface area contributed by atoms with Gasteiger partial charge in [-0.1, -0.05) is 19.9 Å². The van der Waals surface area contributed by atoms with E-state index in [0.717, 1.165) is 17.3 Å². The zero-order chi connectivity index (χ0) is 11.1. The van der Waals surface area contributed by atoms with Crippen molar-refractivity contribution in [2.75, 3.05) is 0 Å². The Morgan fingerprint density at radius 3 is 3.06 bits per heavy atom. The SMILES string of the molecule is CC(C)c1ccc2c(c1)OCc1ncnn1-2. The fourth-order valence-electron chi connectivity index (χ4n) is 1.89. The van der Waals surface area contributed by atoms with E-state index >= 15 is 0 Å². The molecule has 0 saturated heterocycles. The Labute approximate surface area is 93.9 Å². The van der Waals surface area contributed by atoms with Gasteiger partial charge in [0.05, 0.1) is 0 Å². The molecular formula is C12H13N3O. The van der Waals surface area contributed by atoms with Gasteiger partial charge in [-0.15, -0.1) is 0 Å². The van der Waals surface area contributed by atoms with E-state index in [9.17, 15) is 0 Å². The summed E-state index contributed by atoms with van der Waals surface area (Å²) in [5.41, 5.74) is 2.26. The van der Waals surface area contributed by atoms with Crippen molar-refractivity contribution in [2.24, 2.45) is 0 Å². The van der Waals surface area contributed by atoms with Gasteiger partial charge in [-0.25, -0.2) is 9.67 Å². The summed E-state index contributed by atoms with van der Waals surface area (Å²) < 4.78 is 7.51. The molecule has 0 aliphatic carbocycles. The molecule has 2 aromatic rings. The molecule has 0 bridgehead atoms. The van der Waals surface area contributed by atoms with Gasteiger partial charge in [0.1, 0.15) is 24.4 Å². The fourth-order valence-corrected chi connectivity index (χ4v) is 1.89. The van der Waals surface area contributed by atoms with Crippen LogP contribution in [0.4, 0.5) is 0 Å². The lowest BCUT2D eigenvalue weighted by Gasteiger charge is -2.19. The predicted molar refractivity (Wildman–Crippen MR) is 59.8 cm³/mol. The van der Waals surface area contributed by atoms with Gasteiger partial charge in [0.25, 0.3) is 0 Å². The maximum Gasteiger partial charge on any atom is 0.170 e. The zero-order valence-corrected chi connectivity index (χ0v) is 9.34. The van der Waals surface area contributed by atoms with Gasteiger partial charge in [0.15, 0.2) is 5.82 Å². The highest BCUT2D eigenvalue weighted by Gasteiger charge is 2.18. The largest absolute Gasteiger partial charge is 0.483 e. The highest BCUT2D eigenvalue weighted by molar-refractivity contribution is 5.50. The Morgan fingerprint density at radius 2 is 2.25 bits per heavy atom. The molecule has 1 aromatic heterocycles. The summed E-state index contributed by atoms with van der Waals surface area (Å²) in [6, 6.07) is 6.25. The first-order valence-electron chi connectivity index (χ1n) is 5.41. The summed E-state index contributed by atoms with van der Waals surface area (Å²) in [5, 5.41) is 4.20. The van der Waals surface area contributed by atoms with Crippen LogP contribution in [0.2, 0.25) is 0 Å². The van der Waals surface area contributed by atoms with Crippen molar-refractivity contribution in [3.63, 3.8) is 0 Å². The minimum absolute atomic E-state index is 0.495. The lowest BCUT2D eigenvalue weighted by molar-refractivity contribution is 0.276. The molecule has 0 atom stereocenters. The molecule has 1 aliphatic heterocycles. The van der Waals surface area contributed by atoms with Crippen molar-refractivity contribution in [2.45, 2.75) is 26.4 Å². The number of fused-ring (bicyclic) bond motifs is 3. The summed E-state index contributed by atoms with van der Waals surface area (Å²) >= 11 is 0. The number of hydrogen-bond acceptors (Lipinski definition) is 3. The van der Waals surface area contributed by atoms with E-state index < -0.39 is 0 Å². The van der Waals surface area contributed by atoms with Crippen LogP contribution >= 0.6 is 0 Å². The van der Waals surface area contributed by atoms with Crippen LogP contribution in [0.5, 0.6) is 5.75 Å². The smallest absolute Gasteiger partial charge is 0.170 e. The quantitative estimate of drug-likeness (QED) is 0.732. The molecule has 0 saturated carbocycles. The third kappa shape index (κ3) is 1.30. The van der Waals surface area contributed by atoms with Crippen LogP contribution in [0.3, 0.4) is 0 Å². The second-order valence-electron chi connectivity index (χ2n) is 4.26.